The molecule has 0 unspecified atom stereocenters. The smallest absolute Gasteiger partial charge is 0.161 e. The first-order chi connectivity index (χ1) is 18.6. The number of ether oxygens (including phenoxy) is 1. The van der Waals surface area contributed by atoms with Crippen LogP contribution in [0.5, 0.6) is 0 Å². The minimum absolute atomic E-state index is 0.185. The third kappa shape index (κ3) is 4.42. The normalized spacial score (nSPS) is 18.4. The van der Waals surface area contributed by atoms with Crippen LogP contribution in [-0.4, -0.2) is 41.3 Å². The van der Waals surface area contributed by atoms with Gasteiger partial charge in [0.2, 0.25) is 0 Å². The maximum Gasteiger partial charge on any atom is 0.161 e. The molecule has 5 nitrogen and oxygen atoms in total. The fourth-order valence-electron chi connectivity index (χ4n) is 6.63. The summed E-state index contributed by atoms with van der Waals surface area (Å²) < 4.78 is 7.58. The van der Waals surface area contributed by atoms with Crippen LogP contribution in [0.3, 0.4) is 0 Å². The lowest BCUT2D eigenvalue weighted by Crippen LogP contribution is -2.39. The number of allylic oxidation sites excluding steroid dienone is 4. The number of benzene rings is 2. The van der Waals surface area contributed by atoms with E-state index in [1.807, 2.05) is 30.3 Å². The van der Waals surface area contributed by atoms with E-state index in [2.05, 4.69) is 33.9 Å². The number of fused-ring (bicyclic) bond motifs is 1. The van der Waals surface area contributed by atoms with Crippen molar-refractivity contribution in [3.8, 4) is 0 Å². The van der Waals surface area contributed by atoms with Crippen molar-refractivity contribution in [2.45, 2.75) is 57.4 Å². The van der Waals surface area contributed by atoms with E-state index in [0.29, 0.717) is 31.0 Å². The van der Waals surface area contributed by atoms with Gasteiger partial charge in [-0.3, -0.25) is 9.59 Å². The van der Waals surface area contributed by atoms with E-state index in [0.717, 1.165) is 83.2 Å². The quantitative estimate of drug-likeness (QED) is 0.317. The Kier molecular flexibility index (Phi) is 6.98. The van der Waals surface area contributed by atoms with Gasteiger partial charge in [-0.15, -0.1) is 0 Å². The van der Waals surface area contributed by atoms with Gasteiger partial charge < -0.3 is 14.2 Å². The molecule has 0 fully saturated rings. The fraction of sp³-hybridized carbons (Fsp3) is 0.375. The summed E-state index contributed by atoms with van der Waals surface area (Å²) in [5, 5.41) is 1.81. The van der Waals surface area contributed by atoms with Crippen LogP contribution in [-0.2, 0) is 20.9 Å². The van der Waals surface area contributed by atoms with Crippen LogP contribution in [0.4, 0.5) is 0 Å². The van der Waals surface area contributed by atoms with Crippen LogP contribution in [0.25, 0.3) is 10.9 Å². The van der Waals surface area contributed by atoms with Gasteiger partial charge in [-0.2, -0.15) is 0 Å². The number of para-hydroxylation sites is 1. The van der Waals surface area contributed by atoms with Gasteiger partial charge in [0.1, 0.15) is 0 Å². The van der Waals surface area contributed by atoms with Gasteiger partial charge in [-0.25, -0.2) is 0 Å². The number of methoxy groups -OCH3 is 1. The Labute approximate surface area is 228 Å². The van der Waals surface area contributed by atoms with Crippen LogP contribution >= 0.6 is 11.6 Å². The zero-order valence-electron chi connectivity index (χ0n) is 21.8. The number of ketones is 2. The Hall–Kier alpha value is -3.15. The second-order valence-electron chi connectivity index (χ2n) is 10.6. The first-order valence-corrected chi connectivity index (χ1v) is 14.1. The zero-order valence-corrected chi connectivity index (χ0v) is 22.6. The standard InChI is InChI=1S/C32H33ClN2O3/c1-38-17-7-16-35-26-12-5-14-28(36)31(26)30(32-27(35)13-6-15-29(32)37)24-20-34(25-11-3-2-10-23(24)25)19-21-8-4-9-22(33)18-21/h2-4,8-11,18,20,30H,5-7,12-17,19H2,1H3. The van der Waals surface area contributed by atoms with Crippen LogP contribution in [0.1, 0.15) is 62.0 Å². The number of halogens is 1. The second-order valence-corrected chi connectivity index (χ2v) is 11.0. The monoisotopic (exact) mass is 528 g/mol. The lowest BCUT2D eigenvalue weighted by Gasteiger charge is -2.44. The third-order valence-corrected chi connectivity index (χ3v) is 8.42. The SMILES string of the molecule is COCCCN1C2=C(C(=O)CCC2)C(c2cn(Cc3cccc(Cl)c3)c3ccccc23)C2=C1CCCC2=O. The molecule has 0 spiro atoms. The molecule has 2 heterocycles. The largest absolute Gasteiger partial charge is 0.385 e. The third-order valence-electron chi connectivity index (χ3n) is 8.19. The molecule has 3 aromatic rings. The summed E-state index contributed by atoms with van der Waals surface area (Å²) in [5.74, 6) is 0.0546. The molecule has 3 aliphatic rings. The van der Waals surface area contributed by atoms with Gasteiger partial charge in [0.25, 0.3) is 0 Å². The summed E-state index contributed by atoms with van der Waals surface area (Å²) in [6.07, 6.45) is 7.58. The molecular formula is C32H33ClN2O3. The highest BCUT2D eigenvalue weighted by molar-refractivity contribution is 6.30. The number of hydrogen-bond acceptors (Lipinski definition) is 4. The number of carbonyl (C=O) groups is 2. The van der Waals surface area contributed by atoms with Gasteiger partial charge in [0, 0.05) is 90.2 Å². The zero-order chi connectivity index (χ0) is 26.2. The average Bonchev–Trinajstić information content (AvgIpc) is 3.27. The number of Topliss-reactive ketones (excluding diaryl/α,β-unsaturated/α-hetero) is 2. The molecule has 6 rings (SSSR count). The Morgan fingerprint density at radius 3 is 2.32 bits per heavy atom. The van der Waals surface area contributed by atoms with Crippen molar-refractivity contribution in [3.63, 3.8) is 0 Å². The van der Waals surface area contributed by atoms with Crippen molar-refractivity contribution in [2.75, 3.05) is 20.3 Å². The molecule has 0 radical (unpaired) electrons. The number of nitrogens with zero attached hydrogens (tertiary/aromatic N) is 2. The van der Waals surface area contributed by atoms with E-state index < -0.39 is 0 Å². The average molecular weight is 529 g/mol. The molecule has 1 aromatic heterocycles. The van der Waals surface area contributed by atoms with Crippen molar-refractivity contribution in [1.82, 2.24) is 9.47 Å². The Bertz CT molecular complexity index is 1440. The summed E-state index contributed by atoms with van der Waals surface area (Å²) in [4.78, 5) is 29.7. The van der Waals surface area contributed by atoms with E-state index in [1.165, 1.54) is 0 Å². The summed E-state index contributed by atoms with van der Waals surface area (Å²) in [6, 6.07) is 16.3. The van der Waals surface area contributed by atoms with Crippen molar-refractivity contribution in [3.05, 3.63) is 93.4 Å². The van der Waals surface area contributed by atoms with E-state index in [1.54, 1.807) is 7.11 Å². The molecule has 38 heavy (non-hydrogen) atoms. The Morgan fingerprint density at radius 2 is 1.63 bits per heavy atom. The van der Waals surface area contributed by atoms with Crippen LogP contribution in [0.15, 0.2) is 77.3 Å². The molecular weight excluding hydrogens is 496 g/mol. The van der Waals surface area contributed by atoms with Crippen molar-refractivity contribution in [1.29, 1.82) is 0 Å². The Morgan fingerprint density at radius 1 is 0.921 bits per heavy atom. The van der Waals surface area contributed by atoms with E-state index in [-0.39, 0.29) is 17.5 Å². The summed E-state index contributed by atoms with van der Waals surface area (Å²) in [6.45, 7) is 2.09. The molecule has 2 aromatic carbocycles. The second kappa shape index (κ2) is 10.5. The number of carbonyl (C=O) groups excluding carboxylic acids is 2. The topological polar surface area (TPSA) is 51.5 Å². The molecule has 0 saturated carbocycles. The highest BCUT2D eigenvalue weighted by atomic mass is 35.5. The van der Waals surface area contributed by atoms with Crippen LogP contribution in [0.2, 0.25) is 5.02 Å². The molecule has 6 heteroatoms. The van der Waals surface area contributed by atoms with Crippen molar-refractivity contribution in [2.24, 2.45) is 0 Å². The van der Waals surface area contributed by atoms with Crippen molar-refractivity contribution >= 4 is 34.1 Å². The fourth-order valence-corrected chi connectivity index (χ4v) is 6.85. The molecule has 2 aliphatic carbocycles. The first-order valence-electron chi connectivity index (χ1n) is 13.7. The summed E-state index contributed by atoms with van der Waals surface area (Å²) in [7, 11) is 1.72. The van der Waals surface area contributed by atoms with E-state index in [4.69, 9.17) is 16.3 Å². The minimum atomic E-state index is -0.315. The first kappa shape index (κ1) is 25.1. The molecule has 0 atom stereocenters. The molecule has 0 bridgehead atoms. The highest BCUT2D eigenvalue weighted by Crippen LogP contribution is 2.50. The van der Waals surface area contributed by atoms with E-state index in [9.17, 15) is 9.59 Å². The predicted octanol–water partition coefficient (Wildman–Crippen LogP) is 6.79. The van der Waals surface area contributed by atoms with Gasteiger partial charge in [-0.1, -0.05) is 41.9 Å². The number of hydrogen-bond donors (Lipinski definition) is 0. The molecule has 1 aliphatic heterocycles. The lowest BCUT2D eigenvalue weighted by atomic mass is 9.71. The van der Waals surface area contributed by atoms with Gasteiger partial charge in [0.15, 0.2) is 11.6 Å². The molecule has 0 saturated heterocycles. The van der Waals surface area contributed by atoms with Crippen molar-refractivity contribution < 1.29 is 14.3 Å². The minimum Gasteiger partial charge on any atom is -0.385 e. The molecule has 0 amide bonds. The molecule has 0 N–H and O–H groups in total. The van der Waals surface area contributed by atoms with Crippen LogP contribution in [0, 0.1) is 0 Å². The number of aromatic nitrogens is 1. The van der Waals surface area contributed by atoms with E-state index >= 15 is 0 Å². The predicted molar refractivity (Wildman–Crippen MR) is 150 cm³/mol. The maximum atomic E-state index is 13.7. The number of rotatable bonds is 7. The summed E-state index contributed by atoms with van der Waals surface area (Å²) >= 11 is 6.29. The lowest BCUT2D eigenvalue weighted by molar-refractivity contribution is -0.117. The van der Waals surface area contributed by atoms with Gasteiger partial charge >= 0.3 is 0 Å². The van der Waals surface area contributed by atoms with Gasteiger partial charge in [0.05, 0.1) is 0 Å². The van der Waals surface area contributed by atoms with Gasteiger partial charge in [-0.05, 0) is 61.4 Å². The highest BCUT2D eigenvalue weighted by Gasteiger charge is 2.44. The summed E-state index contributed by atoms with van der Waals surface area (Å²) in [5.41, 5.74) is 7.21. The Balaban J connectivity index is 1.53. The maximum absolute atomic E-state index is 13.7. The molecule has 196 valence electrons. The van der Waals surface area contributed by atoms with Crippen LogP contribution < -0.4 is 0 Å².